The van der Waals surface area contributed by atoms with Crippen molar-refractivity contribution >= 4 is 30.1 Å². The van der Waals surface area contributed by atoms with Crippen LogP contribution < -0.4 is 10.5 Å². The van der Waals surface area contributed by atoms with E-state index in [4.69, 9.17) is 0 Å². The number of carboxylic acids is 1. The number of carbonyl (C=O) groups excluding carboxylic acids is 1. The van der Waals surface area contributed by atoms with Crippen molar-refractivity contribution in [3.8, 4) is 0 Å². The molecule has 6 rings (SSSR count). The maximum Gasteiger partial charge on any atom is 0.321 e. The van der Waals surface area contributed by atoms with Crippen LogP contribution in [0.25, 0.3) is 0 Å². The van der Waals surface area contributed by atoms with Crippen molar-refractivity contribution in [3.63, 3.8) is 0 Å². The molecule has 4 atom stereocenters. The van der Waals surface area contributed by atoms with Gasteiger partial charge in [0.25, 0.3) is 5.56 Å². The summed E-state index contributed by atoms with van der Waals surface area (Å²) >= 11 is 0. The minimum atomic E-state index is -0.888. The van der Waals surface area contributed by atoms with Crippen LogP contribution in [0.15, 0.2) is 53.3 Å². The van der Waals surface area contributed by atoms with E-state index in [9.17, 15) is 23.9 Å². The summed E-state index contributed by atoms with van der Waals surface area (Å²) in [6.45, 7) is 3.54. The molecule has 0 bridgehead atoms. The SMILES string of the molecule is C[C@H]1CN([C@@H](Cc2ccc3c(c2)CCC3)C(=O)O)CCN1C(=O)[C@@H]1CN(c2ccc(=O)n(C)n2)C[C@H]1c1ccc(F)cc1F.Cl. The van der Waals surface area contributed by atoms with E-state index < -0.39 is 35.5 Å². The number of aliphatic carboxylic acids is 1. The fourth-order valence-electron chi connectivity index (χ4n) is 7.17. The fourth-order valence-corrected chi connectivity index (χ4v) is 7.17. The number of carboxylic acid groups (broad SMARTS) is 1. The van der Waals surface area contributed by atoms with E-state index in [1.54, 1.807) is 11.0 Å². The highest BCUT2D eigenvalue weighted by molar-refractivity contribution is 5.85. The summed E-state index contributed by atoms with van der Waals surface area (Å²) in [6, 6.07) is 11.7. The number of hydrogen-bond acceptors (Lipinski definition) is 6. The number of fused-ring (bicyclic) bond motifs is 1. The Labute approximate surface area is 266 Å². The van der Waals surface area contributed by atoms with E-state index in [2.05, 4.69) is 17.2 Å². The smallest absolute Gasteiger partial charge is 0.321 e. The zero-order valence-corrected chi connectivity index (χ0v) is 26.2. The van der Waals surface area contributed by atoms with E-state index in [0.717, 1.165) is 30.9 Å². The second kappa shape index (κ2) is 13.3. The van der Waals surface area contributed by atoms with Crippen molar-refractivity contribution in [1.29, 1.82) is 0 Å². The Bertz CT molecular complexity index is 1650. The second-order valence-corrected chi connectivity index (χ2v) is 12.3. The van der Waals surface area contributed by atoms with Crippen molar-refractivity contribution in [1.82, 2.24) is 19.6 Å². The number of piperazine rings is 1. The van der Waals surface area contributed by atoms with E-state index in [1.807, 2.05) is 22.8 Å². The first kappa shape index (κ1) is 32.6. The summed E-state index contributed by atoms with van der Waals surface area (Å²) in [4.78, 5) is 44.1. The van der Waals surface area contributed by atoms with Crippen LogP contribution >= 0.6 is 12.4 Å². The molecule has 3 aromatic rings. The van der Waals surface area contributed by atoms with Crippen molar-refractivity contribution in [2.45, 2.75) is 50.6 Å². The van der Waals surface area contributed by atoms with E-state index in [-0.39, 0.29) is 48.6 Å². The predicted octanol–water partition coefficient (Wildman–Crippen LogP) is 3.42. The molecule has 1 amide bonds. The molecule has 0 radical (unpaired) electrons. The molecule has 1 aliphatic carbocycles. The third-order valence-electron chi connectivity index (χ3n) is 9.53. The Morgan fingerprint density at radius 2 is 1.78 bits per heavy atom. The maximum absolute atomic E-state index is 15.1. The van der Waals surface area contributed by atoms with Gasteiger partial charge in [0.05, 0.1) is 5.92 Å². The molecule has 0 unspecified atom stereocenters. The zero-order valence-electron chi connectivity index (χ0n) is 25.4. The third kappa shape index (κ3) is 6.60. The highest BCUT2D eigenvalue weighted by atomic mass is 35.5. The Balaban J connectivity index is 0.00000400. The van der Waals surface area contributed by atoms with Gasteiger partial charge in [0.15, 0.2) is 0 Å². The summed E-state index contributed by atoms with van der Waals surface area (Å²) in [5.41, 5.74) is 3.64. The highest BCUT2D eigenvalue weighted by Gasteiger charge is 2.44. The highest BCUT2D eigenvalue weighted by Crippen LogP contribution is 2.38. The molecule has 3 heterocycles. The summed E-state index contributed by atoms with van der Waals surface area (Å²) in [5, 5.41) is 14.5. The lowest BCUT2D eigenvalue weighted by Crippen LogP contribution is -2.59. The van der Waals surface area contributed by atoms with E-state index in [1.165, 1.54) is 41.1 Å². The topological polar surface area (TPSA) is 99.0 Å². The molecule has 1 N–H and O–H groups in total. The maximum atomic E-state index is 15.1. The molecule has 2 saturated heterocycles. The van der Waals surface area contributed by atoms with Crippen molar-refractivity contribution in [3.05, 3.63) is 92.8 Å². The van der Waals surface area contributed by atoms with Gasteiger partial charge in [0, 0.05) is 63.9 Å². The lowest BCUT2D eigenvalue weighted by atomic mass is 9.87. The monoisotopic (exact) mass is 641 g/mol. The summed E-state index contributed by atoms with van der Waals surface area (Å²) in [6.07, 6.45) is 3.61. The number of amides is 1. The molecule has 12 heteroatoms. The van der Waals surface area contributed by atoms with Gasteiger partial charge in [0.2, 0.25) is 5.91 Å². The standard InChI is InChI=1S/C33H37F2N5O4.ClH/c1-20-17-38(29(33(43)44)15-21-6-7-22-4-3-5-23(22)14-21)12-13-40(20)32(42)27-19-39(30-10-11-31(41)37(2)36-30)18-26(27)25-9-8-24(34)16-28(25)35;/h6-11,14,16,20,26-27,29H,3-5,12-13,15,17-19H2,1-2H3,(H,43,44);1H/t20-,26-,27+,29-;/m0./s1. The molecule has 2 fully saturated rings. The quantitative estimate of drug-likeness (QED) is 0.422. The van der Waals surface area contributed by atoms with Crippen LogP contribution in [0.4, 0.5) is 14.6 Å². The molecule has 1 aromatic heterocycles. The molecule has 3 aliphatic rings. The Morgan fingerprint density at radius 3 is 2.49 bits per heavy atom. The van der Waals surface area contributed by atoms with Crippen LogP contribution in [0, 0.1) is 17.6 Å². The molecular formula is C33H38ClF2N5O4. The van der Waals surface area contributed by atoms with Gasteiger partial charge in [0.1, 0.15) is 23.5 Å². The van der Waals surface area contributed by atoms with Gasteiger partial charge in [-0.1, -0.05) is 24.3 Å². The van der Waals surface area contributed by atoms with Crippen LogP contribution in [0.5, 0.6) is 0 Å². The van der Waals surface area contributed by atoms with Crippen LogP contribution in [-0.4, -0.2) is 81.4 Å². The Hall–Kier alpha value is -3.83. The number of aromatic nitrogens is 2. The van der Waals surface area contributed by atoms with Crippen molar-refractivity contribution < 1.29 is 23.5 Å². The molecule has 2 aromatic carbocycles. The summed E-state index contributed by atoms with van der Waals surface area (Å²) < 4.78 is 30.1. The Kier molecular flexibility index (Phi) is 9.60. The van der Waals surface area contributed by atoms with Crippen LogP contribution in [0.1, 0.15) is 41.5 Å². The lowest BCUT2D eigenvalue weighted by Gasteiger charge is -2.43. The summed E-state index contributed by atoms with van der Waals surface area (Å²) in [7, 11) is 1.54. The number of hydrogen-bond donors (Lipinski definition) is 1. The van der Waals surface area contributed by atoms with E-state index >= 15 is 4.39 Å². The fraction of sp³-hybridized carbons (Fsp3) is 0.455. The molecule has 0 saturated carbocycles. The second-order valence-electron chi connectivity index (χ2n) is 12.3. The average Bonchev–Trinajstić information content (AvgIpc) is 3.64. The van der Waals surface area contributed by atoms with E-state index in [0.29, 0.717) is 31.9 Å². The van der Waals surface area contributed by atoms with Gasteiger partial charge in [-0.2, -0.15) is 5.10 Å². The van der Waals surface area contributed by atoms with Gasteiger partial charge in [-0.25, -0.2) is 13.5 Å². The number of benzene rings is 2. The predicted molar refractivity (Wildman–Crippen MR) is 168 cm³/mol. The molecule has 2 aliphatic heterocycles. The molecule has 240 valence electrons. The lowest BCUT2D eigenvalue weighted by molar-refractivity contribution is -0.147. The minimum Gasteiger partial charge on any atom is -0.480 e. The number of rotatable bonds is 7. The van der Waals surface area contributed by atoms with Crippen LogP contribution in [0.3, 0.4) is 0 Å². The first-order valence-electron chi connectivity index (χ1n) is 15.2. The molecule has 9 nitrogen and oxygen atoms in total. The minimum absolute atomic E-state index is 0. The summed E-state index contributed by atoms with van der Waals surface area (Å²) in [5.74, 6) is -3.19. The van der Waals surface area contributed by atoms with Gasteiger partial charge >= 0.3 is 5.97 Å². The molecular weight excluding hydrogens is 604 g/mol. The van der Waals surface area contributed by atoms with Crippen molar-refractivity contribution in [2.24, 2.45) is 13.0 Å². The third-order valence-corrected chi connectivity index (χ3v) is 9.53. The molecule has 45 heavy (non-hydrogen) atoms. The normalized spacial score (nSPS) is 22.2. The first-order chi connectivity index (χ1) is 21.1. The largest absolute Gasteiger partial charge is 0.480 e. The van der Waals surface area contributed by atoms with Gasteiger partial charge in [-0.15, -0.1) is 12.4 Å². The average molecular weight is 642 g/mol. The van der Waals surface area contributed by atoms with Gasteiger partial charge < -0.3 is 14.9 Å². The van der Waals surface area contributed by atoms with Crippen LogP contribution in [-0.2, 0) is 35.9 Å². The molecule has 0 spiro atoms. The zero-order chi connectivity index (χ0) is 31.1. The first-order valence-corrected chi connectivity index (χ1v) is 15.2. The number of carbonyl (C=O) groups is 2. The van der Waals surface area contributed by atoms with Crippen LogP contribution in [0.2, 0.25) is 0 Å². The van der Waals surface area contributed by atoms with Crippen molar-refractivity contribution in [2.75, 3.05) is 37.6 Å². The number of halogens is 3. The van der Waals surface area contributed by atoms with Gasteiger partial charge in [-0.3, -0.25) is 19.3 Å². The van der Waals surface area contributed by atoms with Gasteiger partial charge in [-0.05, 0) is 67.0 Å². The number of aryl methyl sites for hydroxylation is 3. The number of anilines is 1. The number of nitrogens with zero attached hydrogens (tertiary/aromatic N) is 5. The Morgan fingerprint density at radius 1 is 1.00 bits per heavy atom.